The Balaban J connectivity index is 1.59. The predicted octanol–water partition coefficient (Wildman–Crippen LogP) is 3.80. The summed E-state index contributed by atoms with van der Waals surface area (Å²) in [6.07, 6.45) is 0.457. The van der Waals surface area contributed by atoms with Gasteiger partial charge in [-0.3, -0.25) is 4.79 Å². The van der Waals surface area contributed by atoms with E-state index >= 15 is 0 Å². The molecule has 1 aromatic heterocycles. The Labute approximate surface area is 174 Å². The van der Waals surface area contributed by atoms with Crippen LogP contribution >= 0.6 is 0 Å². The zero-order chi connectivity index (χ0) is 21.5. The number of esters is 1. The van der Waals surface area contributed by atoms with Crippen LogP contribution in [0.1, 0.15) is 35.2 Å². The smallest absolute Gasteiger partial charge is 0.337 e. The molecule has 0 bridgehead atoms. The summed E-state index contributed by atoms with van der Waals surface area (Å²) < 4.78 is 15.4. The van der Waals surface area contributed by atoms with Gasteiger partial charge in [0, 0.05) is 24.1 Å². The molecule has 0 aliphatic heterocycles. The third-order valence-electron chi connectivity index (χ3n) is 4.39. The molecular weight excluding hydrogens is 386 g/mol. The summed E-state index contributed by atoms with van der Waals surface area (Å²) >= 11 is 0. The number of nitrogens with one attached hydrogen (secondary N) is 1. The Morgan fingerprint density at radius 3 is 2.60 bits per heavy atom. The monoisotopic (exact) mass is 409 g/mol. The number of anilines is 1. The number of carbonyl (C=O) groups excluding carboxylic acids is 2. The van der Waals surface area contributed by atoms with Crippen LogP contribution < -0.4 is 10.1 Å². The molecule has 0 unspecified atom stereocenters. The minimum absolute atomic E-state index is 0.160. The van der Waals surface area contributed by atoms with Crippen LogP contribution in [0.5, 0.6) is 5.75 Å². The van der Waals surface area contributed by atoms with Crippen molar-refractivity contribution in [3.8, 4) is 17.1 Å². The van der Waals surface area contributed by atoms with Gasteiger partial charge in [0.15, 0.2) is 0 Å². The van der Waals surface area contributed by atoms with E-state index in [0.29, 0.717) is 36.0 Å². The average molecular weight is 409 g/mol. The van der Waals surface area contributed by atoms with Crippen LogP contribution in [-0.2, 0) is 16.0 Å². The van der Waals surface area contributed by atoms with E-state index in [-0.39, 0.29) is 12.3 Å². The number of rotatable bonds is 8. The van der Waals surface area contributed by atoms with Gasteiger partial charge < -0.3 is 19.3 Å². The first-order valence-corrected chi connectivity index (χ1v) is 9.54. The summed E-state index contributed by atoms with van der Waals surface area (Å²) in [5.74, 6) is 0.913. The van der Waals surface area contributed by atoms with Crippen LogP contribution in [0.25, 0.3) is 11.4 Å². The van der Waals surface area contributed by atoms with Crippen LogP contribution in [0.2, 0.25) is 0 Å². The van der Waals surface area contributed by atoms with Gasteiger partial charge in [0.2, 0.25) is 17.6 Å². The number of aromatic nitrogens is 2. The molecule has 0 aliphatic rings. The lowest BCUT2D eigenvalue weighted by atomic mass is 10.1. The van der Waals surface area contributed by atoms with Gasteiger partial charge in [0.05, 0.1) is 19.3 Å². The highest BCUT2D eigenvalue weighted by Crippen LogP contribution is 2.21. The number of methoxy groups -OCH3 is 1. The highest BCUT2D eigenvalue weighted by molar-refractivity contribution is 5.95. The number of amides is 1. The van der Waals surface area contributed by atoms with Crippen molar-refractivity contribution in [2.24, 2.45) is 0 Å². The molecule has 0 saturated carbocycles. The van der Waals surface area contributed by atoms with E-state index in [1.165, 1.54) is 7.11 Å². The van der Waals surface area contributed by atoms with Gasteiger partial charge in [-0.15, -0.1) is 0 Å². The van der Waals surface area contributed by atoms with E-state index in [4.69, 9.17) is 14.0 Å². The number of aryl methyl sites for hydroxylation is 2. The van der Waals surface area contributed by atoms with Crippen LogP contribution in [0.15, 0.2) is 47.0 Å². The van der Waals surface area contributed by atoms with Gasteiger partial charge >= 0.3 is 5.97 Å². The largest absolute Gasteiger partial charge is 0.494 e. The zero-order valence-corrected chi connectivity index (χ0v) is 17.1. The number of hydrogen-bond acceptors (Lipinski definition) is 7. The normalized spacial score (nSPS) is 10.5. The van der Waals surface area contributed by atoms with Gasteiger partial charge in [-0.25, -0.2) is 4.79 Å². The van der Waals surface area contributed by atoms with E-state index in [1.54, 1.807) is 18.2 Å². The van der Waals surface area contributed by atoms with Crippen molar-refractivity contribution < 1.29 is 23.6 Å². The molecule has 8 heteroatoms. The van der Waals surface area contributed by atoms with Crippen molar-refractivity contribution in [3.05, 3.63) is 59.5 Å². The molecular formula is C22H23N3O5. The summed E-state index contributed by atoms with van der Waals surface area (Å²) in [5.41, 5.74) is 2.57. The van der Waals surface area contributed by atoms with Gasteiger partial charge in [0.25, 0.3) is 0 Å². The number of hydrogen-bond donors (Lipinski definition) is 1. The maximum absolute atomic E-state index is 12.3. The van der Waals surface area contributed by atoms with Crippen LogP contribution in [0.3, 0.4) is 0 Å². The Morgan fingerprint density at radius 1 is 1.13 bits per heavy atom. The lowest BCUT2D eigenvalue weighted by Crippen LogP contribution is -2.14. The molecule has 0 aliphatic carbocycles. The lowest BCUT2D eigenvalue weighted by Gasteiger charge is -2.09. The fraction of sp³-hybridized carbons (Fsp3) is 0.273. The molecule has 0 radical (unpaired) electrons. The summed E-state index contributed by atoms with van der Waals surface area (Å²) in [5, 5.41) is 6.77. The van der Waals surface area contributed by atoms with Crippen LogP contribution in [0.4, 0.5) is 5.69 Å². The molecule has 0 spiro atoms. The van der Waals surface area contributed by atoms with E-state index in [2.05, 4.69) is 15.5 Å². The maximum atomic E-state index is 12.3. The van der Waals surface area contributed by atoms with Crippen molar-refractivity contribution >= 4 is 17.6 Å². The minimum atomic E-state index is -0.460. The van der Waals surface area contributed by atoms with Crippen molar-refractivity contribution in [1.29, 1.82) is 0 Å². The standard InChI is InChI=1S/C22H23N3O5/c1-4-29-17-9-7-15(8-10-17)21-24-20(30-25-21)12-11-19(26)23-18-13-16(22(27)28-3)6-5-14(18)2/h5-10,13H,4,11-12H2,1-3H3,(H,23,26). The summed E-state index contributed by atoms with van der Waals surface area (Å²) in [6.45, 7) is 4.37. The topological polar surface area (TPSA) is 104 Å². The quantitative estimate of drug-likeness (QED) is 0.564. The molecule has 1 amide bonds. The maximum Gasteiger partial charge on any atom is 0.337 e. The Bertz CT molecular complexity index is 1030. The third-order valence-corrected chi connectivity index (χ3v) is 4.39. The van der Waals surface area contributed by atoms with Crippen LogP contribution in [-0.4, -0.2) is 35.7 Å². The number of ether oxygens (including phenoxy) is 2. The fourth-order valence-corrected chi connectivity index (χ4v) is 2.78. The lowest BCUT2D eigenvalue weighted by molar-refractivity contribution is -0.116. The average Bonchev–Trinajstić information content (AvgIpc) is 3.23. The molecule has 0 atom stereocenters. The van der Waals surface area contributed by atoms with E-state index < -0.39 is 5.97 Å². The Hall–Kier alpha value is -3.68. The van der Waals surface area contributed by atoms with Gasteiger partial charge in [-0.1, -0.05) is 11.2 Å². The molecule has 1 heterocycles. The van der Waals surface area contributed by atoms with Crippen LogP contribution in [0, 0.1) is 6.92 Å². The fourth-order valence-electron chi connectivity index (χ4n) is 2.78. The second-order valence-electron chi connectivity index (χ2n) is 6.54. The molecule has 0 saturated heterocycles. The van der Waals surface area contributed by atoms with E-state index in [1.807, 2.05) is 38.1 Å². The molecule has 156 valence electrons. The molecule has 3 rings (SSSR count). The number of benzene rings is 2. The molecule has 3 aromatic rings. The second-order valence-corrected chi connectivity index (χ2v) is 6.54. The minimum Gasteiger partial charge on any atom is -0.494 e. The first kappa shape index (κ1) is 21.0. The van der Waals surface area contributed by atoms with Crippen molar-refractivity contribution in [1.82, 2.24) is 10.1 Å². The van der Waals surface area contributed by atoms with Crippen molar-refractivity contribution in [2.75, 3.05) is 19.0 Å². The molecule has 8 nitrogen and oxygen atoms in total. The highest BCUT2D eigenvalue weighted by atomic mass is 16.5. The highest BCUT2D eigenvalue weighted by Gasteiger charge is 2.13. The van der Waals surface area contributed by atoms with Gasteiger partial charge in [-0.2, -0.15) is 4.98 Å². The molecule has 2 aromatic carbocycles. The summed E-state index contributed by atoms with van der Waals surface area (Å²) in [7, 11) is 1.31. The Morgan fingerprint density at radius 2 is 1.90 bits per heavy atom. The molecule has 30 heavy (non-hydrogen) atoms. The van der Waals surface area contributed by atoms with Crippen molar-refractivity contribution in [2.45, 2.75) is 26.7 Å². The van der Waals surface area contributed by atoms with E-state index in [0.717, 1.165) is 16.9 Å². The third kappa shape index (κ3) is 5.22. The first-order chi connectivity index (χ1) is 14.5. The van der Waals surface area contributed by atoms with Gasteiger partial charge in [-0.05, 0) is 55.8 Å². The second kappa shape index (κ2) is 9.69. The summed E-state index contributed by atoms with van der Waals surface area (Å²) in [6, 6.07) is 12.4. The first-order valence-electron chi connectivity index (χ1n) is 9.54. The SMILES string of the molecule is CCOc1ccc(-c2noc(CCC(=O)Nc3cc(C(=O)OC)ccc3C)n2)cc1. The number of nitrogens with zero attached hydrogens (tertiary/aromatic N) is 2. The zero-order valence-electron chi connectivity index (χ0n) is 17.1. The van der Waals surface area contributed by atoms with Crippen molar-refractivity contribution in [3.63, 3.8) is 0 Å². The predicted molar refractivity (Wildman–Crippen MR) is 110 cm³/mol. The Kier molecular flexibility index (Phi) is 6.79. The van der Waals surface area contributed by atoms with E-state index in [9.17, 15) is 9.59 Å². The number of carbonyl (C=O) groups is 2. The molecule has 1 N–H and O–H groups in total. The molecule has 0 fully saturated rings. The summed E-state index contributed by atoms with van der Waals surface area (Å²) in [4.78, 5) is 28.3. The van der Waals surface area contributed by atoms with Gasteiger partial charge in [0.1, 0.15) is 5.75 Å².